The number of benzene rings is 1. The van der Waals surface area contributed by atoms with Gasteiger partial charge in [-0.2, -0.15) is 0 Å². The minimum atomic E-state index is -1.12. The van der Waals surface area contributed by atoms with Crippen molar-refractivity contribution in [2.75, 3.05) is 20.8 Å². The lowest BCUT2D eigenvalue weighted by Crippen LogP contribution is -2.39. The first-order valence-corrected chi connectivity index (χ1v) is 5.86. The number of hydrogen-bond acceptors (Lipinski definition) is 5. The fourth-order valence-electron chi connectivity index (χ4n) is 1.50. The predicted octanol–water partition coefficient (Wildman–Crippen LogP) is 0.672. The van der Waals surface area contributed by atoms with E-state index in [-0.39, 0.29) is 0 Å². The molecule has 7 nitrogen and oxygen atoms in total. The summed E-state index contributed by atoms with van der Waals surface area (Å²) in [4.78, 5) is 22.0. The van der Waals surface area contributed by atoms with Crippen LogP contribution in [0.4, 0.5) is 0 Å². The number of carboxylic acid groups (broad SMARTS) is 1. The van der Waals surface area contributed by atoms with E-state index in [2.05, 4.69) is 5.32 Å². The van der Waals surface area contributed by atoms with E-state index in [1.165, 1.54) is 21.1 Å². The van der Waals surface area contributed by atoms with Gasteiger partial charge >= 0.3 is 5.97 Å². The Morgan fingerprint density at radius 1 is 1.25 bits per heavy atom. The minimum Gasteiger partial charge on any atom is -0.493 e. The van der Waals surface area contributed by atoms with Crippen LogP contribution in [-0.4, -0.2) is 43.9 Å². The predicted molar refractivity (Wildman–Crippen MR) is 70.3 cm³/mol. The second kappa shape index (κ2) is 7.22. The number of para-hydroxylation sites is 1. The molecular weight excluding hydrogens is 266 g/mol. The van der Waals surface area contributed by atoms with Crippen LogP contribution in [-0.2, 0) is 9.59 Å². The molecule has 0 spiro atoms. The van der Waals surface area contributed by atoms with Crippen LogP contribution in [0.3, 0.4) is 0 Å². The third-order valence-electron chi connectivity index (χ3n) is 2.45. The molecule has 0 heterocycles. The number of ether oxygens (including phenoxy) is 3. The molecule has 0 fully saturated rings. The monoisotopic (exact) mass is 283 g/mol. The Hall–Kier alpha value is -2.44. The lowest BCUT2D eigenvalue weighted by molar-refractivity contribution is -0.139. The lowest BCUT2D eigenvalue weighted by atomic mass is 10.3. The number of hydrogen-bond donors (Lipinski definition) is 2. The van der Waals surface area contributed by atoms with Crippen molar-refractivity contribution < 1.29 is 28.9 Å². The maximum Gasteiger partial charge on any atom is 0.322 e. The summed E-state index contributed by atoms with van der Waals surface area (Å²) in [6, 6.07) is 5.02. The molecule has 1 rings (SSSR count). The average Bonchev–Trinajstić information content (AvgIpc) is 2.44. The highest BCUT2D eigenvalue weighted by Crippen LogP contribution is 2.37. The van der Waals surface area contributed by atoms with Crippen molar-refractivity contribution in [3.63, 3.8) is 0 Å². The van der Waals surface area contributed by atoms with E-state index in [4.69, 9.17) is 19.3 Å². The second-order valence-corrected chi connectivity index (χ2v) is 3.86. The van der Waals surface area contributed by atoms with Crippen molar-refractivity contribution in [3.8, 4) is 17.2 Å². The van der Waals surface area contributed by atoms with Gasteiger partial charge in [-0.15, -0.1) is 0 Å². The van der Waals surface area contributed by atoms with Crippen molar-refractivity contribution in [2.45, 2.75) is 13.0 Å². The fraction of sp³-hybridized carbons (Fsp3) is 0.385. The first kappa shape index (κ1) is 15.6. The van der Waals surface area contributed by atoms with Gasteiger partial charge in [-0.05, 0) is 19.1 Å². The van der Waals surface area contributed by atoms with E-state index in [0.29, 0.717) is 17.2 Å². The van der Waals surface area contributed by atoms with Crippen LogP contribution in [0.1, 0.15) is 6.92 Å². The SMILES string of the molecule is COc1cccc(OC(C)C(=O)NCC(=O)O)c1OC. The number of carbonyl (C=O) groups excluding carboxylic acids is 1. The van der Waals surface area contributed by atoms with Gasteiger partial charge in [0.15, 0.2) is 17.6 Å². The van der Waals surface area contributed by atoms with Gasteiger partial charge < -0.3 is 24.6 Å². The zero-order valence-corrected chi connectivity index (χ0v) is 11.5. The molecule has 0 aliphatic carbocycles. The fourth-order valence-corrected chi connectivity index (χ4v) is 1.50. The molecule has 0 aliphatic heterocycles. The topological polar surface area (TPSA) is 94.1 Å². The molecule has 2 N–H and O–H groups in total. The van der Waals surface area contributed by atoms with E-state index in [9.17, 15) is 9.59 Å². The number of carbonyl (C=O) groups is 2. The molecule has 1 amide bonds. The maximum atomic E-state index is 11.6. The Morgan fingerprint density at radius 2 is 1.90 bits per heavy atom. The van der Waals surface area contributed by atoms with Gasteiger partial charge in [0.05, 0.1) is 14.2 Å². The van der Waals surface area contributed by atoms with Crippen LogP contribution in [0.15, 0.2) is 18.2 Å². The zero-order valence-electron chi connectivity index (χ0n) is 11.5. The molecule has 1 unspecified atom stereocenters. The standard InChI is InChI=1S/C13H17NO6/c1-8(13(17)14-7-11(15)16)20-10-6-4-5-9(18-2)12(10)19-3/h4-6,8H,7H2,1-3H3,(H,14,17)(H,15,16). The maximum absolute atomic E-state index is 11.6. The van der Waals surface area contributed by atoms with Crippen molar-refractivity contribution in [1.29, 1.82) is 0 Å². The third kappa shape index (κ3) is 4.04. The van der Waals surface area contributed by atoms with Gasteiger partial charge in [0.2, 0.25) is 5.75 Å². The highest BCUT2D eigenvalue weighted by atomic mass is 16.5. The van der Waals surface area contributed by atoms with Crippen LogP contribution in [0.5, 0.6) is 17.2 Å². The lowest BCUT2D eigenvalue weighted by Gasteiger charge is -2.17. The Bertz CT molecular complexity index is 488. The molecule has 1 aromatic carbocycles. The third-order valence-corrected chi connectivity index (χ3v) is 2.45. The molecule has 0 saturated carbocycles. The summed E-state index contributed by atoms with van der Waals surface area (Å²) < 4.78 is 15.7. The van der Waals surface area contributed by atoms with E-state index < -0.39 is 24.5 Å². The van der Waals surface area contributed by atoms with Gasteiger partial charge in [0, 0.05) is 0 Å². The highest BCUT2D eigenvalue weighted by Gasteiger charge is 2.19. The van der Waals surface area contributed by atoms with Crippen molar-refractivity contribution in [1.82, 2.24) is 5.32 Å². The van der Waals surface area contributed by atoms with E-state index >= 15 is 0 Å². The normalized spacial score (nSPS) is 11.3. The Labute approximate surface area is 116 Å². The number of rotatable bonds is 7. The number of amides is 1. The summed E-state index contributed by atoms with van der Waals surface area (Å²) in [6.45, 7) is 1.05. The number of methoxy groups -OCH3 is 2. The summed E-state index contributed by atoms with van der Waals surface area (Å²) in [5, 5.41) is 10.7. The van der Waals surface area contributed by atoms with Crippen molar-refractivity contribution >= 4 is 11.9 Å². The van der Waals surface area contributed by atoms with Gasteiger partial charge in [-0.3, -0.25) is 9.59 Å². The van der Waals surface area contributed by atoms with Crippen LogP contribution < -0.4 is 19.5 Å². The van der Waals surface area contributed by atoms with Gasteiger partial charge in [0.1, 0.15) is 6.54 Å². The summed E-state index contributed by atoms with van der Waals surface area (Å²) in [5.41, 5.74) is 0. The molecule has 20 heavy (non-hydrogen) atoms. The van der Waals surface area contributed by atoms with Crippen LogP contribution >= 0.6 is 0 Å². The first-order valence-electron chi connectivity index (χ1n) is 5.86. The van der Waals surface area contributed by atoms with Crippen LogP contribution in [0.2, 0.25) is 0 Å². The van der Waals surface area contributed by atoms with Gasteiger partial charge in [0.25, 0.3) is 5.91 Å². The molecule has 1 aromatic rings. The molecule has 1 atom stereocenters. The number of aliphatic carboxylic acids is 1. The second-order valence-electron chi connectivity index (χ2n) is 3.86. The number of nitrogens with one attached hydrogen (secondary N) is 1. The van der Waals surface area contributed by atoms with Crippen LogP contribution in [0.25, 0.3) is 0 Å². The van der Waals surface area contributed by atoms with Crippen molar-refractivity contribution in [3.05, 3.63) is 18.2 Å². The summed E-state index contributed by atoms with van der Waals surface area (Å²) in [6.07, 6.45) is -0.865. The van der Waals surface area contributed by atoms with Gasteiger partial charge in [-0.25, -0.2) is 0 Å². The molecule has 110 valence electrons. The first-order chi connectivity index (χ1) is 9.49. The highest BCUT2D eigenvalue weighted by molar-refractivity contribution is 5.84. The van der Waals surface area contributed by atoms with E-state index in [1.807, 2.05) is 0 Å². The minimum absolute atomic E-state index is 0.338. The smallest absolute Gasteiger partial charge is 0.322 e. The molecule has 0 aliphatic rings. The largest absolute Gasteiger partial charge is 0.493 e. The number of carboxylic acids is 1. The summed E-state index contributed by atoms with van der Waals surface area (Å²) in [7, 11) is 2.95. The molecule has 0 radical (unpaired) electrons. The van der Waals surface area contributed by atoms with Gasteiger partial charge in [-0.1, -0.05) is 6.07 Å². The Morgan fingerprint density at radius 3 is 2.45 bits per heavy atom. The average molecular weight is 283 g/mol. The van der Waals surface area contributed by atoms with E-state index in [1.54, 1.807) is 18.2 Å². The molecule has 0 saturated heterocycles. The van der Waals surface area contributed by atoms with Crippen molar-refractivity contribution in [2.24, 2.45) is 0 Å². The van der Waals surface area contributed by atoms with E-state index in [0.717, 1.165) is 0 Å². The molecular formula is C13H17NO6. The van der Waals surface area contributed by atoms with Crippen LogP contribution in [0, 0.1) is 0 Å². The zero-order chi connectivity index (χ0) is 15.1. The summed E-state index contributed by atoms with van der Waals surface area (Å²) >= 11 is 0. The quantitative estimate of drug-likeness (QED) is 0.764. The molecule has 0 aromatic heterocycles. The molecule has 0 bridgehead atoms. The summed E-state index contributed by atoms with van der Waals surface area (Å²) in [5.74, 6) is -0.470. The Kier molecular flexibility index (Phi) is 5.64. The Balaban J connectivity index is 2.77. The molecule has 7 heteroatoms.